The van der Waals surface area contributed by atoms with Crippen LogP contribution in [0.1, 0.15) is 24.3 Å². The topological polar surface area (TPSA) is 29.0 Å². The van der Waals surface area contributed by atoms with Gasteiger partial charge in [-0.05, 0) is 12.8 Å². The largest absolute Gasteiger partial charge is 0.347 e. The van der Waals surface area contributed by atoms with Crippen LogP contribution in [0.5, 0.6) is 0 Å². The van der Waals surface area contributed by atoms with Crippen LogP contribution in [0.3, 0.4) is 0 Å². The van der Waals surface area contributed by atoms with E-state index in [1.165, 1.54) is 0 Å². The SMILES string of the molecule is FC(F)c1nnc(N2CCC(Br)CC2)s1. The van der Waals surface area contributed by atoms with Crippen molar-refractivity contribution in [1.82, 2.24) is 10.2 Å². The number of halogens is 3. The summed E-state index contributed by atoms with van der Waals surface area (Å²) >= 11 is 4.52. The third-order valence-electron chi connectivity index (χ3n) is 2.31. The molecule has 2 rings (SSSR count). The van der Waals surface area contributed by atoms with E-state index in [1.807, 2.05) is 4.90 Å². The van der Waals surface area contributed by atoms with Crippen molar-refractivity contribution in [3.63, 3.8) is 0 Å². The second-order valence-corrected chi connectivity index (χ2v) is 5.67. The Bertz CT molecular complexity index is 325. The van der Waals surface area contributed by atoms with Crippen molar-refractivity contribution >= 4 is 32.4 Å². The fraction of sp³-hybridized carbons (Fsp3) is 0.750. The van der Waals surface area contributed by atoms with E-state index in [1.54, 1.807) is 0 Å². The number of piperidine rings is 1. The highest BCUT2D eigenvalue weighted by atomic mass is 79.9. The fourth-order valence-electron chi connectivity index (χ4n) is 1.48. The maximum absolute atomic E-state index is 12.3. The van der Waals surface area contributed by atoms with Crippen LogP contribution in [0.15, 0.2) is 0 Å². The van der Waals surface area contributed by atoms with Crippen molar-refractivity contribution < 1.29 is 8.78 Å². The van der Waals surface area contributed by atoms with Crippen molar-refractivity contribution in [2.24, 2.45) is 0 Å². The van der Waals surface area contributed by atoms with Crippen molar-refractivity contribution in [3.05, 3.63) is 5.01 Å². The number of rotatable bonds is 2. The van der Waals surface area contributed by atoms with Crippen molar-refractivity contribution in [3.8, 4) is 0 Å². The summed E-state index contributed by atoms with van der Waals surface area (Å²) in [5, 5.41) is 7.69. The first kappa shape index (κ1) is 11.2. The predicted molar refractivity (Wildman–Crippen MR) is 59.0 cm³/mol. The van der Waals surface area contributed by atoms with Crippen LogP contribution in [0.25, 0.3) is 0 Å². The minimum Gasteiger partial charge on any atom is -0.347 e. The van der Waals surface area contributed by atoms with E-state index in [9.17, 15) is 8.78 Å². The standard InChI is InChI=1S/C8H10BrF2N3S/c9-5-1-3-14(4-2-5)8-13-12-7(15-8)6(10)11/h5-6H,1-4H2. The average Bonchev–Trinajstić information content (AvgIpc) is 2.68. The third-order valence-corrected chi connectivity index (χ3v) is 4.22. The minimum atomic E-state index is -2.51. The molecule has 0 unspecified atom stereocenters. The lowest BCUT2D eigenvalue weighted by Gasteiger charge is -2.28. The highest BCUT2D eigenvalue weighted by Gasteiger charge is 2.22. The Labute approximate surface area is 98.6 Å². The molecule has 3 nitrogen and oxygen atoms in total. The molecule has 7 heteroatoms. The van der Waals surface area contributed by atoms with Gasteiger partial charge >= 0.3 is 0 Å². The number of hydrogen-bond donors (Lipinski definition) is 0. The molecule has 15 heavy (non-hydrogen) atoms. The normalized spacial score (nSPS) is 18.8. The van der Waals surface area contributed by atoms with Crippen LogP contribution in [0, 0.1) is 0 Å². The second-order valence-electron chi connectivity index (χ2n) is 3.39. The molecule has 1 fully saturated rings. The predicted octanol–water partition coefficient (Wildman–Crippen LogP) is 2.84. The minimum absolute atomic E-state index is 0.189. The molecule has 0 aromatic carbocycles. The molecule has 1 aliphatic heterocycles. The number of nitrogens with zero attached hydrogens (tertiary/aromatic N) is 3. The molecule has 0 radical (unpaired) electrons. The number of aromatic nitrogens is 2. The van der Waals surface area contributed by atoms with E-state index in [4.69, 9.17) is 0 Å². The van der Waals surface area contributed by atoms with Crippen LogP contribution >= 0.6 is 27.3 Å². The fourth-order valence-corrected chi connectivity index (χ4v) is 2.64. The Morgan fingerprint density at radius 3 is 2.53 bits per heavy atom. The smallest absolute Gasteiger partial charge is 0.291 e. The quantitative estimate of drug-likeness (QED) is 0.786. The second kappa shape index (κ2) is 4.69. The van der Waals surface area contributed by atoms with Crippen LogP contribution in [0.2, 0.25) is 0 Å². The van der Waals surface area contributed by atoms with E-state index in [2.05, 4.69) is 26.1 Å². The molecule has 0 saturated carbocycles. The highest BCUT2D eigenvalue weighted by molar-refractivity contribution is 9.09. The lowest BCUT2D eigenvalue weighted by atomic mass is 10.1. The molecule has 0 spiro atoms. The Kier molecular flexibility index (Phi) is 3.50. The molecule has 84 valence electrons. The Morgan fingerprint density at radius 2 is 2.00 bits per heavy atom. The van der Waals surface area contributed by atoms with Gasteiger partial charge in [-0.3, -0.25) is 0 Å². The first-order valence-corrected chi connectivity index (χ1v) is 6.40. The van der Waals surface area contributed by atoms with E-state index in [0.717, 1.165) is 37.3 Å². The maximum atomic E-state index is 12.3. The maximum Gasteiger partial charge on any atom is 0.291 e. The summed E-state index contributed by atoms with van der Waals surface area (Å²) < 4.78 is 24.6. The molecule has 0 bridgehead atoms. The molecule has 0 amide bonds. The summed E-state index contributed by atoms with van der Waals surface area (Å²) in [4.78, 5) is 2.55. The van der Waals surface area contributed by atoms with E-state index in [0.29, 0.717) is 9.96 Å². The molecular weight excluding hydrogens is 288 g/mol. The number of anilines is 1. The van der Waals surface area contributed by atoms with E-state index in [-0.39, 0.29) is 5.01 Å². The summed E-state index contributed by atoms with van der Waals surface area (Å²) in [6.07, 6.45) is -0.474. The molecule has 0 aliphatic carbocycles. The molecular formula is C8H10BrF2N3S. The number of alkyl halides is 3. The molecule has 1 saturated heterocycles. The first-order chi connectivity index (χ1) is 7.16. The van der Waals surface area contributed by atoms with E-state index >= 15 is 0 Å². The lowest BCUT2D eigenvalue weighted by Crippen LogP contribution is -2.33. The van der Waals surface area contributed by atoms with Gasteiger partial charge in [0.1, 0.15) is 0 Å². The molecule has 1 aromatic heterocycles. The zero-order chi connectivity index (χ0) is 10.8. The van der Waals surface area contributed by atoms with Crippen molar-refractivity contribution in [1.29, 1.82) is 0 Å². The van der Waals surface area contributed by atoms with Gasteiger partial charge in [0.05, 0.1) is 0 Å². The lowest BCUT2D eigenvalue weighted by molar-refractivity contribution is 0.150. The zero-order valence-electron chi connectivity index (χ0n) is 7.87. The van der Waals surface area contributed by atoms with E-state index < -0.39 is 6.43 Å². The first-order valence-electron chi connectivity index (χ1n) is 4.67. The molecule has 1 aliphatic rings. The van der Waals surface area contributed by atoms with Gasteiger partial charge in [0, 0.05) is 17.9 Å². The van der Waals surface area contributed by atoms with Crippen LogP contribution in [-0.2, 0) is 0 Å². The Morgan fingerprint density at radius 1 is 1.33 bits per heavy atom. The van der Waals surface area contributed by atoms with Gasteiger partial charge in [0.2, 0.25) is 5.13 Å². The summed E-state index contributed by atoms with van der Waals surface area (Å²) in [5.41, 5.74) is 0. The van der Waals surface area contributed by atoms with Gasteiger partial charge < -0.3 is 4.90 Å². The van der Waals surface area contributed by atoms with Crippen LogP contribution in [-0.4, -0.2) is 28.1 Å². The van der Waals surface area contributed by atoms with Crippen LogP contribution in [0.4, 0.5) is 13.9 Å². The Hall–Kier alpha value is -0.300. The third kappa shape index (κ3) is 2.63. The van der Waals surface area contributed by atoms with Crippen molar-refractivity contribution in [2.75, 3.05) is 18.0 Å². The summed E-state index contributed by atoms with van der Waals surface area (Å²) in [5.74, 6) is 0. The van der Waals surface area contributed by atoms with Gasteiger partial charge in [-0.2, -0.15) is 0 Å². The molecule has 0 atom stereocenters. The van der Waals surface area contributed by atoms with Gasteiger partial charge in [-0.25, -0.2) is 8.78 Å². The summed E-state index contributed by atoms with van der Waals surface area (Å²) in [6, 6.07) is 0. The average molecular weight is 298 g/mol. The van der Waals surface area contributed by atoms with Gasteiger partial charge in [0.15, 0.2) is 5.01 Å². The van der Waals surface area contributed by atoms with Crippen molar-refractivity contribution in [2.45, 2.75) is 24.1 Å². The zero-order valence-corrected chi connectivity index (χ0v) is 10.3. The highest BCUT2D eigenvalue weighted by Crippen LogP contribution is 2.30. The monoisotopic (exact) mass is 297 g/mol. The van der Waals surface area contributed by atoms with Gasteiger partial charge in [-0.1, -0.05) is 27.3 Å². The van der Waals surface area contributed by atoms with Crippen LogP contribution < -0.4 is 4.90 Å². The van der Waals surface area contributed by atoms with Gasteiger partial charge in [-0.15, -0.1) is 10.2 Å². The summed E-state index contributed by atoms with van der Waals surface area (Å²) in [6.45, 7) is 1.71. The Balaban J connectivity index is 2.03. The molecule has 0 N–H and O–H groups in total. The molecule has 2 heterocycles. The molecule has 1 aromatic rings. The van der Waals surface area contributed by atoms with Gasteiger partial charge in [0.25, 0.3) is 6.43 Å². The summed E-state index contributed by atoms with van der Waals surface area (Å²) in [7, 11) is 0. The number of hydrogen-bond acceptors (Lipinski definition) is 4.